The summed E-state index contributed by atoms with van der Waals surface area (Å²) >= 11 is 0. The Hall–Kier alpha value is 1.92. The van der Waals surface area contributed by atoms with Gasteiger partial charge >= 0.3 is 59.1 Å². The van der Waals surface area contributed by atoms with Crippen molar-refractivity contribution in [2.75, 3.05) is 0 Å². The Morgan fingerprint density at radius 2 is 0.700 bits per heavy atom. The van der Waals surface area contributed by atoms with E-state index in [0.29, 0.717) is 0 Å². The first kappa shape index (κ1) is 22.7. The number of rotatable bonds is 0. The van der Waals surface area contributed by atoms with Gasteiger partial charge in [-0.2, -0.15) is 0 Å². The molecule has 0 radical (unpaired) electrons. The van der Waals surface area contributed by atoms with E-state index >= 15 is 0 Å². The van der Waals surface area contributed by atoms with Gasteiger partial charge < -0.3 is 10.2 Å². The smallest absolute Gasteiger partial charge is 0.852 e. The van der Waals surface area contributed by atoms with Crippen LogP contribution in [0.1, 0.15) is 27.7 Å². The van der Waals surface area contributed by atoms with Crippen molar-refractivity contribution in [1.82, 2.24) is 0 Å². The zero-order chi connectivity index (χ0) is 7.15. The van der Waals surface area contributed by atoms with Crippen LogP contribution in [-0.4, -0.2) is 12.2 Å². The number of hydrogen-bond donors (Lipinski definition) is 0. The molecule has 10 heavy (non-hydrogen) atoms. The first-order valence-corrected chi connectivity index (χ1v) is 2.78. The van der Waals surface area contributed by atoms with Gasteiger partial charge in [-0.3, -0.25) is 0 Å². The quantitative estimate of drug-likeness (QED) is 0.334. The second-order valence-electron chi connectivity index (χ2n) is 2.10. The molecular formula is C6H14Na2O2. The second kappa shape index (κ2) is 17.1. The average molecular weight is 164 g/mol. The Bertz CT molecular complexity index is 29.2. The molecule has 0 aromatic rings. The summed E-state index contributed by atoms with van der Waals surface area (Å²) in [6, 6.07) is 0. The van der Waals surface area contributed by atoms with E-state index in [-0.39, 0.29) is 59.1 Å². The summed E-state index contributed by atoms with van der Waals surface area (Å²) in [4.78, 5) is 0. The molecule has 0 aromatic carbocycles. The Kier molecular flexibility index (Phi) is 38.8. The van der Waals surface area contributed by atoms with Crippen molar-refractivity contribution < 1.29 is 69.3 Å². The second-order valence-corrected chi connectivity index (χ2v) is 2.10. The van der Waals surface area contributed by atoms with Gasteiger partial charge in [0.2, 0.25) is 0 Å². The van der Waals surface area contributed by atoms with Gasteiger partial charge in [-0.05, 0) is 0 Å². The standard InChI is InChI=1S/2C3H7O.2Na/c2*1-3(2)4;;/h2*3H,1-2H3;;/q2*-1;2*+1. The van der Waals surface area contributed by atoms with Crippen molar-refractivity contribution in [3.8, 4) is 0 Å². The zero-order valence-electron chi connectivity index (χ0n) is 7.97. The van der Waals surface area contributed by atoms with Crippen LogP contribution >= 0.6 is 0 Å². The Labute approximate surface area is 108 Å². The molecule has 0 amide bonds. The maximum atomic E-state index is 9.53. The summed E-state index contributed by atoms with van der Waals surface area (Å²) in [5, 5.41) is 19.1. The van der Waals surface area contributed by atoms with E-state index in [2.05, 4.69) is 0 Å². The van der Waals surface area contributed by atoms with Crippen molar-refractivity contribution in [3.63, 3.8) is 0 Å². The summed E-state index contributed by atoms with van der Waals surface area (Å²) in [6.07, 6.45) is -0.833. The molecule has 0 aliphatic carbocycles. The van der Waals surface area contributed by atoms with Gasteiger partial charge in [0.25, 0.3) is 0 Å². The fourth-order valence-corrected chi connectivity index (χ4v) is 0. The molecule has 0 saturated heterocycles. The Balaban J connectivity index is -0.0000000300. The minimum Gasteiger partial charge on any atom is -0.852 e. The van der Waals surface area contributed by atoms with E-state index in [4.69, 9.17) is 0 Å². The maximum absolute atomic E-state index is 9.53. The van der Waals surface area contributed by atoms with Gasteiger partial charge in [-0.25, -0.2) is 0 Å². The van der Waals surface area contributed by atoms with Crippen LogP contribution in [0.25, 0.3) is 0 Å². The first-order chi connectivity index (χ1) is 3.46. The molecule has 52 valence electrons. The van der Waals surface area contributed by atoms with Gasteiger partial charge in [0.15, 0.2) is 0 Å². The van der Waals surface area contributed by atoms with Crippen molar-refractivity contribution >= 4 is 0 Å². The predicted molar refractivity (Wildman–Crippen MR) is 30.3 cm³/mol. The summed E-state index contributed by atoms with van der Waals surface area (Å²) in [6.45, 7) is 6.44. The molecule has 4 heteroatoms. The minimum atomic E-state index is -0.417. The molecule has 0 N–H and O–H groups in total. The van der Waals surface area contributed by atoms with Crippen molar-refractivity contribution in [2.24, 2.45) is 0 Å². The van der Waals surface area contributed by atoms with Gasteiger partial charge in [0.1, 0.15) is 0 Å². The molecule has 0 heterocycles. The third kappa shape index (κ3) is 214. The molecule has 0 fully saturated rings. The monoisotopic (exact) mass is 164 g/mol. The molecule has 0 rings (SSSR count). The van der Waals surface area contributed by atoms with E-state index in [0.717, 1.165) is 0 Å². The van der Waals surface area contributed by atoms with E-state index in [1.165, 1.54) is 0 Å². The van der Waals surface area contributed by atoms with Crippen LogP contribution in [0.2, 0.25) is 0 Å². The van der Waals surface area contributed by atoms with E-state index in [9.17, 15) is 10.2 Å². The molecule has 0 aliphatic heterocycles. The van der Waals surface area contributed by atoms with Crippen LogP contribution < -0.4 is 69.3 Å². The van der Waals surface area contributed by atoms with Crippen molar-refractivity contribution in [2.45, 2.75) is 39.9 Å². The fraction of sp³-hybridized carbons (Fsp3) is 1.00. The van der Waals surface area contributed by atoms with Crippen LogP contribution in [0.5, 0.6) is 0 Å². The maximum Gasteiger partial charge on any atom is 1.00 e. The third-order valence-electron chi connectivity index (χ3n) is 0. The normalized spacial score (nSPS) is 7.20. The fourth-order valence-electron chi connectivity index (χ4n) is 0. The molecular weight excluding hydrogens is 150 g/mol. The summed E-state index contributed by atoms with van der Waals surface area (Å²) < 4.78 is 0. The molecule has 0 aromatic heterocycles. The molecule has 0 saturated carbocycles. The Morgan fingerprint density at radius 3 is 0.700 bits per heavy atom. The first-order valence-electron chi connectivity index (χ1n) is 2.78. The number of hydrogen-bond acceptors (Lipinski definition) is 2. The van der Waals surface area contributed by atoms with Crippen LogP contribution in [-0.2, 0) is 0 Å². The third-order valence-corrected chi connectivity index (χ3v) is 0. The van der Waals surface area contributed by atoms with Gasteiger partial charge in [-0.15, -0.1) is 12.2 Å². The molecule has 0 spiro atoms. The summed E-state index contributed by atoms with van der Waals surface area (Å²) in [7, 11) is 0. The molecule has 2 nitrogen and oxygen atoms in total. The van der Waals surface area contributed by atoms with Gasteiger partial charge in [-0.1, -0.05) is 27.7 Å². The van der Waals surface area contributed by atoms with E-state index in [1.54, 1.807) is 27.7 Å². The van der Waals surface area contributed by atoms with Crippen LogP contribution in [0.4, 0.5) is 0 Å². The van der Waals surface area contributed by atoms with Crippen LogP contribution in [0, 0.1) is 0 Å². The average Bonchev–Trinajstić information content (AvgIpc) is 1.25. The van der Waals surface area contributed by atoms with Crippen LogP contribution in [0.15, 0.2) is 0 Å². The van der Waals surface area contributed by atoms with Crippen LogP contribution in [0.3, 0.4) is 0 Å². The summed E-state index contributed by atoms with van der Waals surface area (Å²) in [5.41, 5.74) is 0. The van der Waals surface area contributed by atoms with Gasteiger partial charge in [0.05, 0.1) is 0 Å². The van der Waals surface area contributed by atoms with Gasteiger partial charge in [0, 0.05) is 0 Å². The minimum absolute atomic E-state index is 0. The van der Waals surface area contributed by atoms with E-state index < -0.39 is 12.2 Å². The molecule has 0 bridgehead atoms. The Morgan fingerprint density at radius 1 is 0.700 bits per heavy atom. The summed E-state index contributed by atoms with van der Waals surface area (Å²) in [5.74, 6) is 0. The zero-order valence-corrected chi connectivity index (χ0v) is 12.0. The molecule has 0 aliphatic rings. The largest absolute Gasteiger partial charge is 1.00 e. The molecule has 0 unspecified atom stereocenters. The molecule has 0 atom stereocenters. The topological polar surface area (TPSA) is 46.1 Å². The van der Waals surface area contributed by atoms with Crippen molar-refractivity contribution in [3.05, 3.63) is 0 Å². The van der Waals surface area contributed by atoms with E-state index in [1.807, 2.05) is 0 Å². The van der Waals surface area contributed by atoms with Crippen molar-refractivity contribution in [1.29, 1.82) is 0 Å². The SMILES string of the molecule is CC(C)[O-].CC(C)[O-].[Na+].[Na+]. The predicted octanol–water partition coefficient (Wildman–Crippen LogP) is -6.48.